The van der Waals surface area contributed by atoms with Crippen molar-refractivity contribution >= 4 is 11.8 Å². The van der Waals surface area contributed by atoms with E-state index in [0.29, 0.717) is 0 Å². The molecule has 0 aliphatic rings. The molecule has 1 unspecified atom stereocenters. The van der Waals surface area contributed by atoms with E-state index in [1.165, 1.54) is 12.2 Å². The predicted octanol–water partition coefficient (Wildman–Crippen LogP) is 3.54. The van der Waals surface area contributed by atoms with Gasteiger partial charge in [0, 0.05) is 17.3 Å². The van der Waals surface area contributed by atoms with Gasteiger partial charge >= 0.3 is 0 Å². The molecule has 2 heteroatoms. The molecular weight excluding hydrogens is 190 g/mol. The molecule has 0 saturated carbocycles. The molecule has 0 amide bonds. The Kier molecular flexibility index (Phi) is 6.88. The highest BCUT2D eigenvalue weighted by Gasteiger charge is 2.16. The van der Waals surface area contributed by atoms with Gasteiger partial charge in [-0.15, -0.1) is 0 Å². The summed E-state index contributed by atoms with van der Waals surface area (Å²) in [5.74, 6) is 2.05. The molecule has 0 heterocycles. The third-order valence-electron chi connectivity index (χ3n) is 2.11. The summed E-state index contributed by atoms with van der Waals surface area (Å²) in [6, 6.07) is 0. The summed E-state index contributed by atoms with van der Waals surface area (Å²) in [6.07, 6.45) is 1.28. The Balaban J connectivity index is 3.85. The Hall–Kier alpha value is 0.310. The van der Waals surface area contributed by atoms with Gasteiger partial charge in [0.15, 0.2) is 0 Å². The highest BCUT2D eigenvalue weighted by molar-refractivity contribution is 7.99. The number of hydrogen-bond donors (Lipinski definition) is 1. The van der Waals surface area contributed by atoms with Gasteiger partial charge in [-0.3, -0.25) is 0 Å². The highest BCUT2D eigenvalue weighted by atomic mass is 32.2. The van der Waals surface area contributed by atoms with Crippen LogP contribution in [0.1, 0.15) is 48.0 Å². The van der Waals surface area contributed by atoms with E-state index in [-0.39, 0.29) is 5.54 Å². The normalized spacial score (nSPS) is 14.8. The lowest BCUT2D eigenvalue weighted by Crippen LogP contribution is -2.41. The van der Waals surface area contributed by atoms with Crippen LogP contribution in [0, 0.1) is 5.92 Å². The Labute approximate surface area is 94.4 Å². The molecule has 86 valence electrons. The van der Waals surface area contributed by atoms with Crippen molar-refractivity contribution in [2.24, 2.45) is 5.92 Å². The van der Waals surface area contributed by atoms with Crippen LogP contribution in [0.5, 0.6) is 0 Å². The zero-order valence-electron chi connectivity index (χ0n) is 10.7. The zero-order valence-corrected chi connectivity index (χ0v) is 11.5. The van der Waals surface area contributed by atoms with Crippen molar-refractivity contribution in [3.8, 4) is 0 Å². The summed E-state index contributed by atoms with van der Waals surface area (Å²) in [4.78, 5) is 0. The van der Waals surface area contributed by atoms with Gasteiger partial charge in [0.2, 0.25) is 0 Å². The van der Waals surface area contributed by atoms with E-state index in [1.807, 2.05) is 0 Å². The first kappa shape index (κ1) is 14.3. The average molecular weight is 217 g/mol. The molecule has 0 saturated heterocycles. The molecule has 0 bridgehead atoms. The van der Waals surface area contributed by atoms with E-state index >= 15 is 0 Å². The van der Waals surface area contributed by atoms with Crippen LogP contribution in [0.4, 0.5) is 0 Å². The van der Waals surface area contributed by atoms with Crippen molar-refractivity contribution in [1.82, 2.24) is 5.32 Å². The van der Waals surface area contributed by atoms with Crippen LogP contribution in [0.15, 0.2) is 0 Å². The minimum atomic E-state index is 0.250. The Morgan fingerprint density at radius 3 is 2.14 bits per heavy atom. The smallest absolute Gasteiger partial charge is 0.0195 e. The lowest BCUT2D eigenvalue weighted by Gasteiger charge is -2.27. The van der Waals surface area contributed by atoms with Gasteiger partial charge in [0.1, 0.15) is 0 Å². The fourth-order valence-corrected chi connectivity index (χ4v) is 2.29. The molecule has 0 aromatic rings. The Bertz CT molecular complexity index is 138. The molecule has 0 aromatic carbocycles. The van der Waals surface area contributed by atoms with Crippen molar-refractivity contribution < 1.29 is 0 Å². The van der Waals surface area contributed by atoms with Gasteiger partial charge < -0.3 is 5.32 Å². The fraction of sp³-hybridized carbons (Fsp3) is 1.00. The molecule has 1 N–H and O–H groups in total. The standard InChI is InChI=1S/C12H27NS/c1-7-8-14-11(10(2)3)9-13-12(4,5)6/h10-11,13H,7-9H2,1-6H3. The monoisotopic (exact) mass is 217 g/mol. The number of hydrogen-bond acceptors (Lipinski definition) is 2. The van der Waals surface area contributed by atoms with Crippen molar-refractivity contribution in [2.45, 2.75) is 58.8 Å². The SMILES string of the molecule is CCCSC(CNC(C)(C)C)C(C)C. The first-order chi connectivity index (χ1) is 6.37. The van der Waals surface area contributed by atoms with Crippen LogP contribution < -0.4 is 5.32 Å². The maximum absolute atomic E-state index is 3.59. The highest BCUT2D eigenvalue weighted by Crippen LogP contribution is 2.20. The van der Waals surface area contributed by atoms with E-state index in [4.69, 9.17) is 0 Å². The van der Waals surface area contributed by atoms with Crippen LogP contribution >= 0.6 is 11.8 Å². The molecule has 1 atom stereocenters. The predicted molar refractivity (Wildman–Crippen MR) is 69.1 cm³/mol. The average Bonchev–Trinajstić information content (AvgIpc) is 2.01. The van der Waals surface area contributed by atoms with E-state index < -0.39 is 0 Å². The molecule has 0 aliphatic heterocycles. The lowest BCUT2D eigenvalue weighted by atomic mass is 10.1. The van der Waals surface area contributed by atoms with Crippen LogP contribution in [0.3, 0.4) is 0 Å². The van der Waals surface area contributed by atoms with E-state index in [2.05, 4.69) is 58.6 Å². The van der Waals surface area contributed by atoms with Crippen LogP contribution in [-0.4, -0.2) is 23.1 Å². The van der Waals surface area contributed by atoms with Gasteiger partial charge in [0.25, 0.3) is 0 Å². The third kappa shape index (κ3) is 7.69. The molecule has 0 aromatic heterocycles. The summed E-state index contributed by atoms with van der Waals surface area (Å²) < 4.78 is 0. The molecule has 0 spiro atoms. The lowest BCUT2D eigenvalue weighted by molar-refractivity contribution is 0.408. The van der Waals surface area contributed by atoms with Crippen molar-refractivity contribution in [2.75, 3.05) is 12.3 Å². The number of rotatable bonds is 6. The van der Waals surface area contributed by atoms with Crippen LogP contribution in [0.25, 0.3) is 0 Å². The molecular formula is C12H27NS. The first-order valence-corrected chi connectivity index (χ1v) is 6.78. The maximum Gasteiger partial charge on any atom is 0.0195 e. The first-order valence-electron chi connectivity index (χ1n) is 5.73. The molecule has 0 radical (unpaired) electrons. The van der Waals surface area contributed by atoms with Crippen LogP contribution in [-0.2, 0) is 0 Å². The minimum absolute atomic E-state index is 0.250. The topological polar surface area (TPSA) is 12.0 Å². The zero-order chi connectivity index (χ0) is 11.2. The minimum Gasteiger partial charge on any atom is -0.311 e. The Morgan fingerprint density at radius 2 is 1.79 bits per heavy atom. The van der Waals surface area contributed by atoms with Gasteiger partial charge in [-0.05, 0) is 38.9 Å². The summed E-state index contributed by atoms with van der Waals surface area (Å²) >= 11 is 2.11. The van der Waals surface area contributed by atoms with Crippen molar-refractivity contribution in [3.05, 3.63) is 0 Å². The van der Waals surface area contributed by atoms with Crippen molar-refractivity contribution in [3.63, 3.8) is 0 Å². The molecule has 0 aliphatic carbocycles. The second kappa shape index (κ2) is 6.73. The number of thioether (sulfide) groups is 1. The second-order valence-electron chi connectivity index (χ2n) is 5.28. The summed E-state index contributed by atoms with van der Waals surface area (Å²) in [6.45, 7) is 14.7. The van der Waals surface area contributed by atoms with Crippen molar-refractivity contribution in [1.29, 1.82) is 0 Å². The van der Waals surface area contributed by atoms with Gasteiger partial charge in [-0.25, -0.2) is 0 Å². The molecule has 1 nitrogen and oxygen atoms in total. The van der Waals surface area contributed by atoms with E-state index in [1.54, 1.807) is 0 Å². The summed E-state index contributed by atoms with van der Waals surface area (Å²) in [5.41, 5.74) is 0.250. The molecule has 0 rings (SSSR count). The van der Waals surface area contributed by atoms with E-state index in [9.17, 15) is 0 Å². The largest absolute Gasteiger partial charge is 0.311 e. The van der Waals surface area contributed by atoms with Crippen LogP contribution in [0.2, 0.25) is 0 Å². The van der Waals surface area contributed by atoms with Gasteiger partial charge in [-0.2, -0.15) is 11.8 Å². The Morgan fingerprint density at radius 1 is 1.21 bits per heavy atom. The molecule has 0 fully saturated rings. The quantitative estimate of drug-likeness (QED) is 0.730. The fourth-order valence-electron chi connectivity index (χ4n) is 1.16. The van der Waals surface area contributed by atoms with Gasteiger partial charge in [-0.1, -0.05) is 20.8 Å². The summed E-state index contributed by atoms with van der Waals surface area (Å²) in [5, 5.41) is 4.35. The maximum atomic E-state index is 3.59. The third-order valence-corrected chi connectivity index (χ3v) is 3.90. The molecule has 14 heavy (non-hydrogen) atoms. The summed E-state index contributed by atoms with van der Waals surface area (Å²) in [7, 11) is 0. The van der Waals surface area contributed by atoms with E-state index in [0.717, 1.165) is 17.7 Å². The number of nitrogens with one attached hydrogen (secondary N) is 1. The van der Waals surface area contributed by atoms with Gasteiger partial charge in [0.05, 0.1) is 0 Å². The second-order valence-corrected chi connectivity index (χ2v) is 6.63.